The second-order valence-corrected chi connectivity index (χ2v) is 10.4. The van der Waals surface area contributed by atoms with Crippen molar-refractivity contribution in [1.29, 1.82) is 0 Å². The van der Waals surface area contributed by atoms with Crippen LogP contribution >= 0.6 is 11.5 Å². The zero-order valence-corrected chi connectivity index (χ0v) is 19.3. The molecule has 0 amide bonds. The van der Waals surface area contributed by atoms with Crippen LogP contribution in [0.2, 0.25) is 0 Å². The number of hydrogen-bond acceptors (Lipinski definition) is 8. The summed E-state index contributed by atoms with van der Waals surface area (Å²) < 4.78 is 32.0. The number of nitro benzene ring substituents is 1. The molecule has 3 aromatic rings. The summed E-state index contributed by atoms with van der Waals surface area (Å²) in [7, 11) is -3.75. The minimum absolute atomic E-state index is 0.0553. The highest BCUT2D eigenvalue weighted by molar-refractivity contribution is 7.89. The highest BCUT2D eigenvalue weighted by Crippen LogP contribution is 2.27. The van der Waals surface area contributed by atoms with Crippen molar-refractivity contribution in [2.24, 2.45) is 0 Å². The maximum atomic E-state index is 13.1. The first-order valence-electron chi connectivity index (χ1n) is 10.1. The fraction of sp³-hybridized carbons (Fsp3) is 0.333. The number of piperazine rings is 1. The van der Waals surface area contributed by atoms with E-state index in [4.69, 9.17) is 0 Å². The number of anilines is 1. The Hall–Kier alpha value is -2.89. The van der Waals surface area contributed by atoms with Crippen molar-refractivity contribution in [3.63, 3.8) is 0 Å². The largest absolute Gasteiger partial charge is 0.344 e. The summed E-state index contributed by atoms with van der Waals surface area (Å²) >= 11 is 1.32. The van der Waals surface area contributed by atoms with E-state index in [0.717, 1.165) is 16.5 Å². The summed E-state index contributed by atoms with van der Waals surface area (Å²) in [4.78, 5) is 17.1. The Labute approximate surface area is 190 Å². The number of non-ortho nitro benzene ring substituents is 1. The van der Waals surface area contributed by atoms with Gasteiger partial charge in [0.25, 0.3) is 5.69 Å². The van der Waals surface area contributed by atoms with Crippen LogP contribution < -0.4 is 4.90 Å². The smallest absolute Gasteiger partial charge is 0.269 e. The molecule has 1 saturated heterocycles. The lowest BCUT2D eigenvalue weighted by atomic mass is 10.1. The lowest BCUT2D eigenvalue weighted by Crippen LogP contribution is -2.54. The highest BCUT2D eigenvalue weighted by atomic mass is 32.2. The Morgan fingerprint density at radius 3 is 2.44 bits per heavy atom. The standard InChI is InChI=1S/C21H23N5O4S2/c1-15-3-5-17(6-4-15)13-20-22-21(31-23-20)24-11-12-25(16(2)14-24)32(29,30)19-9-7-18(8-10-19)26(27)28/h3-10,16H,11-14H2,1-2H3. The summed E-state index contributed by atoms with van der Waals surface area (Å²) in [6.45, 7) is 5.18. The Kier molecular flexibility index (Phi) is 6.22. The zero-order valence-electron chi connectivity index (χ0n) is 17.7. The quantitative estimate of drug-likeness (QED) is 0.399. The molecule has 168 valence electrons. The third-order valence-electron chi connectivity index (χ3n) is 5.43. The van der Waals surface area contributed by atoms with Crippen LogP contribution in [0.25, 0.3) is 0 Å². The van der Waals surface area contributed by atoms with Crippen molar-refractivity contribution in [2.75, 3.05) is 24.5 Å². The Morgan fingerprint density at radius 2 is 1.81 bits per heavy atom. The highest BCUT2D eigenvalue weighted by Gasteiger charge is 2.34. The second kappa shape index (κ2) is 8.93. The number of sulfonamides is 1. The van der Waals surface area contributed by atoms with E-state index in [9.17, 15) is 18.5 Å². The van der Waals surface area contributed by atoms with Crippen LogP contribution in [0, 0.1) is 17.0 Å². The van der Waals surface area contributed by atoms with Gasteiger partial charge in [0.1, 0.15) is 5.82 Å². The van der Waals surface area contributed by atoms with E-state index in [2.05, 4.69) is 38.5 Å². The number of benzene rings is 2. The fourth-order valence-electron chi connectivity index (χ4n) is 3.68. The van der Waals surface area contributed by atoms with Crippen molar-refractivity contribution in [2.45, 2.75) is 31.2 Å². The summed E-state index contributed by atoms with van der Waals surface area (Å²) in [6, 6.07) is 13.0. The molecule has 0 spiro atoms. The Bertz CT molecular complexity index is 1210. The van der Waals surface area contributed by atoms with Gasteiger partial charge in [0.15, 0.2) is 0 Å². The van der Waals surface area contributed by atoms with E-state index in [1.807, 2.05) is 13.8 Å². The number of hydrogen-bond donors (Lipinski definition) is 0. The van der Waals surface area contributed by atoms with Crippen LogP contribution in [-0.2, 0) is 16.4 Å². The van der Waals surface area contributed by atoms with Crippen LogP contribution in [0.4, 0.5) is 10.8 Å². The SMILES string of the molecule is Cc1ccc(Cc2nsc(N3CCN(S(=O)(=O)c4ccc([N+](=O)[O-])cc4)C(C)C3)n2)cc1. The molecule has 0 N–H and O–H groups in total. The third-order valence-corrected chi connectivity index (χ3v) is 8.27. The van der Waals surface area contributed by atoms with Crippen molar-refractivity contribution in [3.8, 4) is 0 Å². The van der Waals surface area contributed by atoms with E-state index in [-0.39, 0.29) is 16.6 Å². The Morgan fingerprint density at radius 1 is 1.12 bits per heavy atom. The van der Waals surface area contributed by atoms with Crippen LogP contribution in [-0.4, -0.2) is 52.7 Å². The first-order chi connectivity index (χ1) is 15.2. The molecular formula is C21H23N5O4S2. The van der Waals surface area contributed by atoms with Gasteiger partial charge in [-0.25, -0.2) is 13.4 Å². The predicted octanol–water partition coefficient (Wildman–Crippen LogP) is 3.24. The average Bonchev–Trinajstić information content (AvgIpc) is 3.23. The van der Waals surface area contributed by atoms with E-state index >= 15 is 0 Å². The lowest BCUT2D eigenvalue weighted by Gasteiger charge is -2.38. The average molecular weight is 474 g/mol. The number of rotatable bonds is 6. The predicted molar refractivity (Wildman–Crippen MR) is 123 cm³/mol. The molecule has 32 heavy (non-hydrogen) atoms. The summed E-state index contributed by atoms with van der Waals surface area (Å²) in [5.41, 5.74) is 2.21. The molecule has 1 aliphatic rings. The van der Waals surface area contributed by atoms with Crippen molar-refractivity contribution in [1.82, 2.24) is 13.7 Å². The molecule has 0 saturated carbocycles. The molecular weight excluding hydrogens is 450 g/mol. The first kappa shape index (κ1) is 22.3. The molecule has 1 aliphatic heterocycles. The van der Waals surface area contributed by atoms with Gasteiger partial charge in [-0.1, -0.05) is 29.8 Å². The molecule has 1 aromatic heterocycles. The van der Waals surface area contributed by atoms with Crippen LogP contribution in [0.5, 0.6) is 0 Å². The van der Waals surface area contributed by atoms with Crippen LogP contribution in [0.15, 0.2) is 53.4 Å². The molecule has 2 heterocycles. The molecule has 1 unspecified atom stereocenters. The summed E-state index contributed by atoms with van der Waals surface area (Å²) in [5.74, 6) is 0.752. The molecule has 1 atom stereocenters. The second-order valence-electron chi connectivity index (χ2n) is 7.82. The van der Waals surface area contributed by atoms with Crippen LogP contribution in [0.3, 0.4) is 0 Å². The maximum Gasteiger partial charge on any atom is 0.269 e. The molecule has 4 rings (SSSR count). The first-order valence-corrected chi connectivity index (χ1v) is 12.3. The van der Waals surface area contributed by atoms with Gasteiger partial charge in [0.05, 0.1) is 9.82 Å². The maximum absolute atomic E-state index is 13.1. The van der Waals surface area contributed by atoms with Gasteiger partial charge in [-0.3, -0.25) is 10.1 Å². The molecule has 2 aromatic carbocycles. The van der Waals surface area contributed by atoms with Crippen LogP contribution in [0.1, 0.15) is 23.9 Å². The summed E-state index contributed by atoms with van der Waals surface area (Å²) in [5, 5.41) is 11.6. The molecule has 9 nitrogen and oxygen atoms in total. The van der Waals surface area contributed by atoms with Crippen molar-refractivity contribution in [3.05, 3.63) is 75.6 Å². The van der Waals surface area contributed by atoms with Gasteiger partial charge in [0.2, 0.25) is 15.2 Å². The summed E-state index contributed by atoms with van der Waals surface area (Å²) in [6.07, 6.45) is 0.654. The van der Waals surface area contributed by atoms with Crippen molar-refractivity contribution >= 4 is 32.4 Å². The number of aryl methyl sites for hydroxylation is 1. The Balaban J connectivity index is 1.43. The monoisotopic (exact) mass is 473 g/mol. The molecule has 0 bridgehead atoms. The normalized spacial score (nSPS) is 17.4. The minimum Gasteiger partial charge on any atom is -0.344 e. The number of aromatic nitrogens is 2. The molecule has 0 aliphatic carbocycles. The number of nitro groups is 1. The van der Waals surface area contributed by atoms with Gasteiger partial charge in [-0.2, -0.15) is 8.68 Å². The van der Waals surface area contributed by atoms with Gasteiger partial charge in [0, 0.05) is 55.8 Å². The lowest BCUT2D eigenvalue weighted by molar-refractivity contribution is -0.384. The zero-order chi connectivity index (χ0) is 22.9. The van der Waals surface area contributed by atoms with Gasteiger partial charge < -0.3 is 4.90 Å². The van der Waals surface area contributed by atoms with E-state index in [1.165, 1.54) is 45.7 Å². The van der Waals surface area contributed by atoms with E-state index < -0.39 is 14.9 Å². The van der Waals surface area contributed by atoms with E-state index in [0.29, 0.717) is 26.1 Å². The molecule has 1 fully saturated rings. The van der Waals surface area contributed by atoms with Gasteiger partial charge in [-0.05, 0) is 31.5 Å². The third kappa shape index (κ3) is 4.64. The van der Waals surface area contributed by atoms with Gasteiger partial charge >= 0.3 is 0 Å². The molecule has 11 heteroatoms. The topological polar surface area (TPSA) is 110 Å². The van der Waals surface area contributed by atoms with Crippen molar-refractivity contribution < 1.29 is 13.3 Å². The number of nitrogens with zero attached hydrogens (tertiary/aromatic N) is 5. The fourth-order valence-corrected chi connectivity index (χ4v) is 6.01. The molecule has 0 radical (unpaired) electrons. The van der Waals surface area contributed by atoms with E-state index in [1.54, 1.807) is 0 Å². The van der Waals surface area contributed by atoms with Gasteiger partial charge in [-0.15, -0.1) is 0 Å². The minimum atomic E-state index is -3.75.